The van der Waals surface area contributed by atoms with Gasteiger partial charge in [0.05, 0.1) is 132 Å². The summed E-state index contributed by atoms with van der Waals surface area (Å²) in [6.45, 7) is 10.3. The summed E-state index contributed by atoms with van der Waals surface area (Å²) in [7, 11) is 0. The minimum atomic E-state index is 0.0308. The highest BCUT2D eigenvalue weighted by Gasteiger charge is 2.21. The van der Waals surface area contributed by atoms with Crippen LogP contribution in [-0.4, -0.2) is 143 Å². The molecule has 11 heteroatoms. The topological polar surface area (TPSA) is 116 Å². The first-order valence-corrected chi connectivity index (χ1v) is 11.4. The summed E-state index contributed by atoms with van der Waals surface area (Å²) in [5.41, 5.74) is 0. The van der Waals surface area contributed by atoms with Gasteiger partial charge in [0.2, 0.25) is 0 Å². The molecule has 32 heavy (non-hydrogen) atoms. The standard InChI is InChI=1S/C21H42O11/c22-1-2-23-3-4-24-5-6-25-7-8-26-9-10-27-11-12-28-13-14-29-15-16-30-17-18-31-19-21-20-32-21/h21-22H,1-20H2. The summed E-state index contributed by atoms with van der Waals surface area (Å²) in [5, 5.41) is 8.54. The molecular formula is C21H42O11. The molecule has 0 aliphatic carbocycles. The molecule has 11 nitrogen and oxygen atoms in total. The van der Waals surface area contributed by atoms with Crippen molar-refractivity contribution in [3.8, 4) is 0 Å². The molecular weight excluding hydrogens is 428 g/mol. The zero-order valence-electron chi connectivity index (χ0n) is 19.2. The highest BCUT2D eigenvalue weighted by Crippen LogP contribution is 2.07. The summed E-state index contributed by atoms with van der Waals surface area (Å²) in [5.74, 6) is 0. The Morgan fingerprint density at radius 1 is 0.438 bits per heavy atom. The third-order valence-electron chi connectivity index (χ3n) is 3.92. The molecule has 1 saturated heterocycles. The molecule has 0 radical (unpaired) electrons. The number of hydrogen-bond acceptors (Lipinski definition) is 11. The maximum atomic E-state index is 8.54. The molecule has 0 spiro atoms. The molecule has 1 heterocycles. The zero-order valence-corrected chi connectivity index (χ0v) is 19.2. The van der Waals surface area contributed by atoms with Crippen molar-refractivity contribution in [3.05, 3.63) is 0 Å². The summed E-state index contributed by atoms with van der Waals surface area (Å²) in [6, 6.07) is 0. The second-order valence-corrected chi connectivity index (χ2v) is 6.65. The van der Waals surface area contributed by atoms with Crippen molar-refractivity contribution in [1.82, 2.24) is 0 Å². The summed E-state index contributed by atoms with van der Waals surface area (Å²) >= 11 is 0. The number of aliphatic hydroxyl groups excluding tert-OH is 1. The number of rotatable bonds is 28. The minimum Gasteiger partial charge on any atom is -0.394 e. The van der Waals surface area contributed by atoms with Crippen LogP contribution < -0.4 is 0 Å². The van der Waals surface area contributed by atoms with Gasteiger partial charge in [-0.2, -0.15) is 0 Å². The van der Waals surface area contributed by atoms with Gasteiger partial charge in [0.15, 0.2) is 0 Å². The smallest absolute Gasteiger partial charge is 0.104 e. The van der Waals surface area contributed by atoms with E-state index in [2.05, 4.69) is 0 Å². The second-order valence-electron chi connectivity index (χ2n) is 6.65. The predicted octanol–water partition coefficient (Wildman–Crippen LogP) is -0.473. The van der Waals surface area contributed by atoms with Crippen molar-refractivity contribution in [1.29, 1.82) is 0 Å². The van der Waals surface area contributed by atoms with Crippen molar-refractivity contribution >= 4 is 0 Å². The van der Waals surface area contributed by atoms with Crippen LogP contribution in [0.4, 0.5) is 0 Å². The average molecular weight is 471 g/mol. The lowest BCUT2D eigenvalue weighted by molar-refractivity contribution is -0.0257. The third-order valence-corrected chi connectivity index (χ3v) is 3.92. The molecule has 0 aromatic rings. The molecule has 1 unspecified atom stereocenters. The van der Waals surface area contributed by atoms with Crippen molar-refractivity contribution in [2.45, 2.75) is 6.10 Å². The van der Waals surface area contributed by atoms with Crippen LogP contribution in [0.5, 0.6) is 0 Å². The van der Waals surface area contributed by atoms with Crippen LogP contribution >= 0.6 is 0 Å². The molecule has 1 fully saturated rings. The van der Waals surface area contributed by atoms with Gasteiger partial charge < -0.3 is 52.5 Å². The fraction of sp³-hybridized carbons (Fsp3) is 1.00. The lowest BCUT2D eigenvalue weighted by Gasteiger charge is -2.08. The van der Waals surface area contributed by atoms with E-state index in [1.165, 1.54) is 0 Å². The lowest BCUT2D eigenvalue weighted by atomic mass is 10.5. The quantitative estimate of drug-likeness (QED) is 0.118. The first-order chi connectivity index (χ1) is 15.9. The maximum Gasteiger partial charge on any atom is 0.104 e. The Labute approximate surface area is 191 Å². The van der Waals surface area contributed by atoms with Crippen molar-refractivity contribution in [3.63, 3.8) is 0 Å². The Kier molecular flexibility index (Phi) is 23.3. The first kappa shape index (κ1) is 29.6. The molecule has 1 aliphatic heterocycles. The molecule has 192 valence electrons. The molecule has 1 rings (SSSR count). The summed E-state index contributed by atoms with van der Waals surface area (Å²) in [6.07, 6.45) is 0.301. The van der Waals surface area contributed by atoms with Gasteiger partial charge in [0.25, 0.3) is 0 Å². The Morgan fingerprint density at radius 2 is 0.688 bits per heavy atom. The highest BCUT2D eigenvalue weighted by molar-refractivity contribution is 4.66. The van der Waals surface area contributed by atoms with Crippen molar-refractivity contribution in [2.75, 3.05) is 132 Å². The first-order valence-electron chi connectivity index (χ1n) is 11.4. The predicted molar refractivity (Wildman–Crippen MR) is 114 cm³/mol. The number of epoxide rings is 1. The highest BCUT2D eigenvalue weighted by atomic mass is 16.6. The van der Waals surface area contributed by atoms with Gasteiger partial charge in [-0.05, 0) is 0 Å². The minimum absolute atomic E-state index is 0.0308. The Morgan fingerprint density at radius 3 is 0.938 bits per heavy atom. The molecule has 0 aromatic carbocycles. The monoisotopic (exact) mass is 470 g/mol. The van der Waals surface area contributed by atoms with Gasteiger partial charge in [-0.1, -0.05) is 0 Å². The zero-order chi connectivity index (χ0) is 22.8. The normalized spacial score (nSPS) is 15.5. The lowest BCUT2D eigenvalue weighted by Crippen LogP contribution is -2.15. The Hall–Kier alpha value is -0.440. The molecule has 0 amide bonds. The van der Waals surface area contributed by atoms with E-state index in [-0.39, 0.29) is 6.61 Å². The van der Waals surface area contributed by atoms with Gasteiger partial charge in [-0.15, -0.1) is 0 Å². The fourth-order valence-electron chi connectivity index (χ4n) is 2.20. The van der Waals surface area contributed by atoms with Crippen LogP contribution in [0.25, 0.3) is 0 Å². The van der Waals surface area contributed by atoms with E-state index in [4.69, 9.17) is 52.5 Å². The average Bonchev–Trinajstić information content (AvgIpc) is 3.63. The summed E-state index contributed by atoms with van der Waals surface area (Å²) in [4.78, 5) is 0. The molecule has 0 aromatic heterocycles. The Bertz CT molecular complexity index is 359. The van der Waals surface area contributed by atoms with Crippen LogP contribution in [0, 0.1) is 0 Å². The van der Waals surface area contributed by atoms with Crippen molar-refractivity contribution < 1.29 is 52.5 Å². The molecule has 0 bridgehead atoms. The molecule has 1 aliphatic rings. The van der Waals surface area contributed by atoms with E-state index in [0.29, 0.717) is 125 Å². The van der Waals surface area contributed by atoms with E-state index in [1.807, 2.05) is 0 Å². The summed E-state index contributed by atoms with van der Waals surface area (Å²) < 4.78 is 53.2. The Balaban J connectivity index is 1.58. The SMILES string of the molecule is OCCOCCOCCOCCOCCOCCOCCOCCOCCOCC1CO1. The van der Waals surface area contributed by atoms with Crippen LogP contribution in [-0.2, 0) is 47.4 Å². The number of ether oxygens (including phenoxy) is 10. The maximum absolute atomic E-state index is 8.54. The number of aliphatic hydroxyl groups is 1. The van der Waals surface area contributed by atoms with Gasteiger partial charge in [0.1, 0.15) is 6.10 Å². The number of hydrogen-bond donors (Lipinski definition) is 1. The van der Waals surface area contributed by atoms with Gasteiger partial charge >= 0.3 is 0 Å². The van der Waals surface area contributed by atoms with E-state index in [0.717, 1.165) is 6.61 Å². The molecule has 0 saturated carbocycles. The van der Waals surface area contributed by atoms with Crippen LogP contribution in [0.3, 0.4) is 0 Å². The van der Waals surface area contributed by atoms with Gasteiger partial charge in [-0.3, -0.25) is 0 Å². The van der Waals surface area contributed by atoms with Crippen LogP contribution in [0.15, 0.2) is 0 Å². The molecule has 1 atom stereocenters. The second kappa shape index (κ2) is 25.2. The third kappa shape index (κ3) is 24.2. The van der Waals surface area contributed by atoms with Crippen LogP contribution in [0.1, 0.15) is 0 Å². The van der Waals surface area contributed by atoms with Gasteiger partial charge in [0, 0.05) is 0 Å². The van der Waals surface area contributed by atoms with E-state index in [1.54, 1.807) is 0 Å². The van der Waals surface area contributed by atoms with Gasteiger partial charge in [-0.25, -0.2) is 0 Å². The van der Waals surface area contributed by atoms with E-state index in [9.17, 15) is 0 Å². The largest absolute Gasteiger partial charge is 0.394 e. The van der Waals surface area contributed by atoms with Crippen molar-refractivity contribution in [2.24, 2.45) is 0 Å². The molecule has 1 N–H and O–H groups in total. The van der Waals surface area contributed by atoms with E-state index >= 15 is 0 Å². The fourth-order valence-corrected chi connectivity index (χ4v) is 2.20. The van der Waals surface area contributed by atoms with E-state index < -0.39 is 0 Å². The van der Waals surface area contributed by atoms with Crippen LogP contribution in [0.2, 0.25) is 0 Å².